The van der Waals surface area contributed by atoms with Crippen molar-refractivity contribution < 1.29 is 47.4 Å². The Balaban J connectivity index is 1.89. The highest BCUT2D eigenvalue weighted by atomic mass is 19.4. The number of hydrogen-bond donors (Lipinski definition) is 3. The first kappa shape index (κ1) is 30.8. The van der Waals surface area contributed by atoms with E-state index in [1.54, 1.807) is 11.8 Å². The van der Waals surface area contributed by atoms with Crippen molar-refractivity contribution in [3.05, 3.63) is 28.3 Å². The minimum atomic E-state index is -4.90. The molecule has 2 unspecified atom stereocenters. The highest BCUT2D eigenvalue weighted by Gasteiger charge is 2.69. The van der Waals surface area contributed by atoms with E-state index in [2.05, 4.69) is 0 Å². The summed E-state index contributed by atoms with van der Waals surface area (Å²) in [7, 11) is 2.85. The topological polar surface area (TPSA) is 158 Å². The van der Waals surface area contributed by atoms with Gasteiger partial charge in [0.2, 0.25) is 5.91 Å². The van der Waals surface area contributed by atoms with Crippen molar-refractivity contribution >= 4 is 29.0 Å². The second kappa shape index (κ2) is 10.6. The van der Waals surface area contributed by atoms with Gasteiger partial charge in [-0.15, -0.1) is 0 Å². The molecule has 1 aromatic carbocycles. The summed E-state index contributed by atoms with van der Waals surface area (Å²) in [6.07, 6.45) is -5.00. The van der Waals surface area contributed by atoms with Crippen molar-refractivity contribution in [1.82, 2.24) is 9.80 Å². The Labute approximate surface area is 234 Å². The van der Waals surface area contributed by atoms with Crippen LogP contribution >= 0.6 is 0 Å². The van der Waals surface area contributed by atoms with Gasteiger partial charge < -0.3 is 15.9 Å². The van der Waals surface area contributed by atoms with Crippen LogP contribution in [-0.2, 0) is 38.3 Å². The summed E-state index contributed by atoms with van der Waals surface area (Å²) in [6, 6.07) is -0.455. The number of carbonyl (C=O) groups is 5. The van der Waals surface area contributed by atoms with Crippen LogP contribution in [0.25, 0.3) is 0 Å². The first-order chi connectivity index (χ1) is 19.0. The van der Waals surface area contributed by atoms with E-state index in [1.165, 1.54) is 19.0 Å². The van der Waals surface area contributed by atoms with Gasteiger partial charge >= 0.3 is 6.18 Å². The van der Waals surface area contributed by atoms with Crippen molar-refractivity contribution in [3.8, 4) is 5.75 Å². The van der Waals surface area contributed by atoms with Gasteiger partial charge in [-0.05, 0) is 69.6 Å². The molecule has 0 bridgehead atoms. The second-order valence-corrected chi connectivity index (χ2v) is 11.4. The lowest BCUT2D eigenvalue weighted by molar-refractivity contribution is -0.181. The van der Waals surface area contributed by atoms with Crippen LogP contribution in [0.2, 0.25) is 0 Å². The normalized spacial score (nSPS) is 30.0. The quantitative estimate of drug-likeness (QED) is 0.401. The Bertz CT molecular complexity index is 1330. The number of aliphatic hydroxyl groups is 1. The molecule has 4 N–H and O–H groups in total. The molecule has 2 fully saturated rings. The molecule has 3 aliphatic rings. The fraction of sp³-hybridized carbons (Fsp3) is 0.607. The van der Waals surface area contributed by atoms with Crippen LogP contribution in [0.3, 0.4) is 0 Å². The van der Waals surface area contributed by atoms with Gasteiger partial charge in [0.05, 0.1) is 23.1 Å². The molecule has 10 nitrogen and oxygen atoms in total. The maximum atomic E-state index is 14.6. The van der Waals surface area contributed by atoms with E-state index in [9.17, 15) is 47.4 Å². The number of nitrogens with zero attached hydrogens (tertiary/aromatic N) is 2. The Morgan fingerprint density at radius 2 is 1.78 bits per heavy atom. The summed E-state index contributed by atoms with van der Waals surface area (Å²) in [5.41, 5.74) is -0.0625. The first-order valence-corrected chi connectivity index (χ1v) is 13.5. The van der Waals surface area contributed by atoms with E-state index >= 15 is 0 Å². The van der Waals surface area contributed by atoms with Crippen LogP contribution in [0, 0.1) is 23.7 Å². The van der Waals surface area contributed by atoms with Gasteiger partial charge in [0, 0.05) is 12.5 Å². The Kier molecular flexibility index (Phi) is 7.95. The highest BCUT2D eigenvalue weighted by molar-refractivity contribution is 6.32. The van der Waals surface area contributed by atoms with E-state index in [4.69, 9.17) is 5.73 Å². The first-order valence-electron chi connectivity index (χ1n) is 13.5. The summed E-state index contributed by atoms with van der Waals surface area (Å²) in [5.74, 6) is -13.3. The molecule has 0 spiro atoms. The molecule has 41 heavy (non-hydrogen) atoms. The molecule has 2 saturated carbocycles. The summed E-state index contributed by atoms with van der Waals surface area (Å²) >= 11 is 0. The van der Waals surface area contributed by atoms with Crippen LogP contribution in [0.4, 0.5) is 13.2 Å². The number of benzene rings is 1. The molecule has 3 aliphatic carbocycles. The van der Waals surface area contributed by atoms with Crippen molar-refractivity contribution in [3.63, 3.8) is 0 Å². The summed E-state index contributed by atoms with van der Waals surface area (Å²) in [6.45, 7) is 4.49. The maximum absolute atomic E-state index is 14.6. The monoisotopic (exact) mass is 581 g/mol. The van der Waals surface area contributed by atoms with Gasteiger partial charge in [-0.3, -0.25) is 33.8 Å². The number of halogens is 3. The Morgan fingerprint density at radius 1 is 1.15 bits per heavy atom. The van der Waals surface area contributed by atoms with Gasteiger partial charge in [0.15, 0.2) is 34.7 Å². The van der Waals surface area contributed by atoms with Gasteiger partial charge in [-0.1, -0.05) is 13.8 Å². The number of nitrogens with two attached hydrogens (primary N) is 1. The van der Waals surface area contributed by atoms with E-state index in [1.807, 2.05) is 6.92 Å². The number of phenolic OH excluding ortho intramolecular Hbond substituents is 1. The molecule has 13 heteroatoms. The van der Waals surface area contributed by atoms with E-state index in [0.29, 0.717) is 19.5 Å². The number of alkyl halides is 3. The highest BCUT2D eigenvalue weighted by Crippen LogP contribution is 2.52. The van der Waals surface area contributed by atoms with Crippen molar-refractivity contribution in [2.45, 2.75) is 57.5 Å². The molecular weight excluding hydrogens is 547 g/mol. The summed E-state index contributed by atoms with van der Waals surface area (Å²) in [4.78, 5) is 69.1. The lowest BCUT2D eigenvalue weighted by Gasteiger charge is -2.52. The number of aromatic hydroxyl groups is 1. The largest absolute Gasteiger partial charge is 0.507 e. The Hall–Kier alpha value is -3.16. The van der Waals surface area contributed by atoms with Crippen LogP contribution in [0.15, 0.2) is 6.07 Å². The molecule has 0 saturated heterocycles. The lowest BCUT2D eigenvalue weighted by Crippen LogP contribution is -2.74. The van der Waals surface area contributed by atoms with Crippen molar-refractivity contribution in [1.29, 1.82) is 0 Å². The smallest absolute Gasteiger partial charge is 0.417 e. The standard InChI is InChI=1S/C28H34F3N3O7/c1-5-7-34(6-2)11-13-10-16(35)18-14(20(13)28(29,30)31)8-12-9-15-21(33(3)4)23(37)19(26(32)40)25(39)27(15,41)24(38)17(12)22(18)36/h10,12,15,17,19,21,35,41H,5-9,11H2,1-4H3,(H2,32,40)/t12-,15-,17?,19?,21-,27-/m0/s1. The predicted molar refractivity (Wildman–Crippen MR) is 138 cm³/mol. The number of Topliss-reactive ketones (excluding diaryl/α,β-unsaturated/α-hetero) is 4. The molecule has 1 amide bonds. The van der Waals surface area contributed by atoms with E-state index in [-0.39, 0.29) is 18.5 Å². The number of fused-ring (bicyclic) bond motifs is 3. The van der Waals surface area contributed by atoms with Crippen molar-refractivity contribution in [2.75, 3.05) is 27.2 Å². The fourth-order valence-corrected chi connectivity index (χ4v) is 7.13. The number of ketones is 4. The van der Waals surface area contributed by atoms with E-state index < -0.39 is 99.4 Å². The van der Waals surface area contributed by atoms with Crippen LogP contribution < -0.4 is 5.73 Å². The zero-order valence-electron chi connectivity index (χ0n) is 23.2. The number of hydrogen-bond acceptors (Lipinski definition) is 9. The number of amides is 1. The molecule has 4 rings (SSSR count). The van der Waals surface area contributed by atoms with Crippen LogP contribution in [0.1, 0.15) is 53.7 Å². The molecule has 0 radical (unpaired) electrons. The molecule has 1 aromatic rings. The number of carbonyl (C=O) groups excluding carboxylic acids is 5. The Morgan fingerprint density at radius 3 is 2.29 bits per heavy atom. The van der Waals surface area contributed by atoms with Crippen LogP contribution in [-0.4, -0.2) is 87.9 Å². The minimum absolute atomic E-state index is 0.135. The maximum Gasteiger partial charge on any atom is 0.417 e. The summed E-state index contributed by atoms with van der Waals surface area (Å²) in [5, 5.41) is 22.4. The SMILES string of the molecule is CCCN(CC)Cc1cc(O)c2c(c1C(F)(F)F)C[C@H]1C[C@H]3[C@H](N(C)C)C(=O)C(C(N)=O)C(=O)[C@@]3(O)C(=O)C1C2=O. The molecule has 6 atom stereocenters. The summed E-state index contributed by atoms with van der Waals surface area (Å²) < 4.78 is 43.8. The zero-order valence-corrected chi connectivity index (χ0v) is 23.2. The van der Waals surface area contributed by atoms with Crippen molar-refractivity contribution in [2.24, 2.45) is 29.4 Å². The predicted octanol–water partition coefficient (Wildman–Crippen LogP) is 1.12. The van der Waals surface area contributed by atoms with Gasteiger partial charge in [0.1, 0.15) is 5.75 Å². The average Bonchev–Trinajstić information content (AvgIpc) is 2.84. The third-order valence-electron chi connectivity index (χ3n) is 8.81. The van der Waals surface area contributed by atoms with Gasteiger partial charge in [-0.2, -0.15) is 13.2 Å². The minimum Gasteiger partial charge on any atom is -0.507 e. The average molecular weight is 582 g/mol. The number of primary amides is 1. The van der Waals surface area contributed by atoms with Gasteiger partial charge in [0.25, 0.3) is 0 Å². The molecule has 0 heterocycles. The van der Waals surface area contributed by atoms with Gasteiger partial charge in [-0.25, -0.2) is 0 Å². The third-order valence-corrected chi connectivity index (χ3v) is 8.81. The molecule has 0 aromatic heterocycles. The van der Waals surface area contributed by atoms with Crippen LogP contribution in [0.5, 0.6) is 5.75 Å². The number of phenols is 1. The molecule has 224 valence electrons. The lowest BCUT2D eigenvalue weighted by atomic mass is 9.52. The number of rotatable bonds is 7. The number of likely N-dealkylation sites (N-methyl/N-ethyl adjacent to an activating group) is 1. The third kappa shape index (κ3) is 4.67. The fourth-order valence-electron chi connectivity index (χ4n) is 7.13. The molecular formula is C28H34F3N3O7. The van der Waals surface area contributed by atoms with E-state index in [0.717, 1.165) is 6.07 Å². The molecule has 0 aliphatic heterocycles. The second-order valence-electron chi connectivity index (χ2n) is 11.4. The zero-order chi connectivity index (χ0) is 30.8.